The van der Waals surface area contributed by atoms with Gasteiger partial charge >= 0.3 is 5.69 Å². The molecule has 0 radical (unpaired) electrons. The number of fused-ring (bicyclic) bond motifs is 1. The SMILES string of the molecule is [C-]#[N+]CCOP(O[C@H]1[C@H]2O[C@H]3CCC[C@@H](C)[C@]31O[C@H]2n1cc(C)c(=O)[nH]c1=O)N(C(C)C)C(C)C. The molecule has 1 aromatic heterocycles. The first kappa shape index (κ1) is 26.5. The van der Waals surface area contributed by atoms with Crippen LogP contribution in [0.2, 0.25) is 0 Å². The fraction of sp³-hybridized carbons (Fsp3) is 0.792. The lowest BCUT2D eigenvalue weighted by Gasteiger charge is -2.46. The van der Waals surface area contributed by atoms with Gasteiger partial charge in [0, 0.05) is 23.8 Å². The molecule has 1 N–H and O–H groups in total. The molecule has 2 aliphatic heterocycles. The van der Waals surface area contributed by atoms with Crippen molar-refractivity contribution in [3.63, 3.8) is 0 Å². The second kappa shape index (κ2) is 10.4. The number of aromatic nitrogens is 2. The first-order chi connectivity index (χ1) is 16.6. The number of nitrogens with one attached hydrogen (secondary N) is 1. The predicted molar refractivity (Wildman–Crippen MR) is 132 cm³/mol. The fourth-order valence-electron chi connectivity index (χ4n) is 5.81. The van der Waals surface area contributed by atoms with E-state index >= 15 is 0 Å². The van der Waals surface area contributed by atoms with Gasteiger partial charge in [0.2, 0.25) is 6.54 Å². The Bertz CT molecular complexity index is 1060. The molecule has 10 nitrogen and oxygen atoms in total. The molecule has 0 amide bonds. The lowest BCUT2D eigenvalue weighted by atomic mass is 9.73. The number of hydrogen-bond acceptors (Lipinski definition) is 7. The van der Waals surface area contributed by atoms with Gasteiger partial charge in [-0.05, 0) is 53.4 Å². The van der Waals surface area contributed by atoms with Crippen LogP contribution in [-0.2, 0) is 18.5 Å². The van der Waals surface area contributed by atoms with Gasteiger partial charge in [-0.15, -0.1) is 0 Å². The molecule has 1 aliphatic carbocycles. The molecule has 3 heterocycles. The second-order valence-electron chi connectivity index (χ2n) is 10.3. The molecule has 3 aliphatic rings. The molecular formula is C24H37N4O6P. The van der Waals surface area contributed by atoms with Gasteiger partial charge in [-0.25, -0.2) is 16.0 Å². The summed E-state index contributed by atoms with van der Waals surface area (Å²) in [5, 5.41) is 0. The summed E-state index contributed by atoms with van der Waals surface area (Å²) in [6, 6.07) is 0.319. The summed E-state index contributed by atoms with van der Waals surface area (Å²) in [5.41, 5.74) is -1.24. The zero-order chi connectivity index (χ0) is 25.5. The maximum absolute atomic E-state index is 12.8. The minimum atomic E-state index is -1.52. The number of hydrogen-bond donors (Lipinski definition) is 1. The van der Waals surface area contributed by atoms with E-state index in [2.05, 4.69) is 49.1 Å². The van der Waals surface area contributed by atoms with E-state index < -0.39 is 43.8 Å². The molecule has 2 bridgehead atoms. The molecule has 4 rings (SSSR count). The summed E-state index contributed by atoms with van der Waals surface area (Å²) >= 11 is 0. The van der Waals surface area contributed by atoms with Crippen molar-refractivity contribution in [2.24, 2.45) is 5.92 Å². The second-order valence-corrected chi connectivity index (χ2v) is 11.7. The summed E-state index contributed by atoms with van der Waals surface area (Å²) < 4.78 is 29.9. The molecule has 1 aromatic rings. The smallest absolute Gasteiger partial charge is 0.330 e. The highest BCUT2D eigenvalue weighted by Crippen LogP contribution is 2.61. The van der Waals surface area contributed by atoms with Gasteiger partial charge in [0.15, 0.2) is 6.23 Å². The summed E-state index contributed by atoms with van der Waals surface area (Å²) in [6.45, 7) is 19.9. The van der Waals surface area contributed by atoms with Crippen LogP contribution in [0.5, 0.6) is 0 Å². The van der Waals surface area contributed by atoms with E-state index in [-0.39, 0.29) is 37.3 Å². The molecule has 7 atom stereocenters. The average molecular weight is 509 g/mol. The Morgan fingerprint density at radius 1 is 1.31 bits per heavy atom. The zero-order valence-corrected chi connectivity index (χ0v) is 22.3. The van der Waals surface area contributed by atoms with Crippen LogP contribution in [0.25, 0.3) is 4.85 Å². The van der Waals surface area contributed by atoms with Crippen molar-refractivity contribution in [2.45, 2.75) is 103 Å². The van der Waals surface area contributed by atoms with Gasteiger partial charge in [-0.1, -0.05) is 13.3 Å². The first-order valence-electron chi connectivity index (χ1n) is 12.5. The van der Waals surface area contributed by atoms with E-state index in [4.69, 9.17) is 25.1 Å². The molecule has 11 heteroatoms. The van der Waals surface area contributed by atoms with E-state index in [1.165, 1.54) is 10.8 Å². The van der Waals surface area contributed by atoms with E-state index in [1.807, 2.05) is 0 Å². The van der Waals surface area contributed by atoms with E-state index in [1.54, 1.807) is 6.92 Å². The molecule has 1 spiro atoms. The van der Waals surface area contributed by atoms with Crippen LogP contribution in [0.4, 0.5) is 0 Å². The standard InChI is InChI=1S/C24H37N4O6P/c1-14(2)28(15(3)4)35(31-12-11-25-7)34-20-19-22(27-13-16(5)21(29)26-23(27)30)33-24(20)17(6)9-8-10-18(24)32-19/h13-15,17-20,22H,8-12H2,1-6H3,(H,26,29,30)/t17-,18+,19-,20+,22-,24+,35?/m1/s1. The van der Waals surface area contributed by atoms with Crippen molar-refractivity contribution in [1.29, 1.82) is 0 Å². The van der Waals surface area contributed by atoms with Crippen LogP contribution in [0, 0.1) is 19.4 Å². The summed E-state index contributed by atoms with van der Waals surface area (Å²) in [6.07, 6.45) is 2.57. The van der Waals surface area contributed by atoms with E-state index in [0.717, 1.165) is 19.3 Å². The van der Waals surface area contributed by atoms with Crippen molar-refractivity contribution < 1.29 is 18.5 Å². The van der Waals surface area contributed by atoms with Gasteiger partial charge in [0.05, 0.1) is 6.10 Å². The number of aryl methyl sites for hydroxylation is 1. The Kier molecular flexibility index (Phi) is 7.87. The Labute approximate surface area is 207 Å². The molecule has 2 saturated heterocycles. The molecule has 35 heavy (non-hydrogen) atoms. The third-order valence-electron chi connectivity index (χ3n) is 7.32. The topological polar surface area (TPSA) is 99.4 Å². The minimum absolute atomic E-state index is 0.135. The van der Waals surface area contributed by atoms with Gasteiger partial charge in [0.25, 0.3) is 14.1 Å². The Balaban J connectivity index is 1.73. The molecular weight excluding hydrogens is 471 g/mol. The molecule has 3 fully saturated rings. The van der Waals surface area contributed by atoms with Crippen LogP contribution < -0.4 is 11.2 Å². The van der Waals surface area contributed by atoms with Crippen LogP contribution >= 0.6 is 8.53 Å². The molecule has 0 aromatic carbocycles. The Morgan fingerprint density at radius 2 is 2.03 bits per heavy atom. The summed E-state index contributed by atoms with van der Waals surface area (Å²) in [5.74, 6) is 0.146. The lowest BCUT2D eigenvalue weighted by Crippen LogP contribution is -2.55. The molecule has 194 valence electrons. The molecule has 1 unspecified atom stereocenters. The third-order valence-corrected chi connectivity index (χ3v) is 9.43. The lowest BCUT2D eigenvalue weighted by molar-refractivity contribution is -0.240. The Morgan fingerprint density at radius 3 is 2.69 bits per heavy atom. The van der Waals surface area contributed by atoms with Crippen LogP contribution in [0.15, 0.2) is 15.8 Å². The normalized spacial score (nSPS) is 32.9. The van der Waals surface area contributed by atoms with Crippen LogP contribution in [0.3, 0.4) is 0 Å². The maximum atomic E-state index is 12.8. The number of aromatic amines is 1. The zero-order valence-electron chi connectivity index (χ0n) is 21.4. The van der Waals surface area contributed by atoms with Gasteiger partial charge < -0.3 is 23.4 Å². The number of nitrogens with zero attached hydrogens (tertiary/aromatic N) is 3. The number of ether oxygens (including phenoxy) is 2. The van der Waals surface area contributed by atoms with Crippen molar-refractivity contribution in [1.82, 2.24) is 14.2 Å². The quantitative estimate of drug-likeness (QED) is 0.310. The van der Waals surface area contributed by atoms with Crippen molar-refractivity contribution in [3.8, 4) is 0 Å². The Hall–Kier alpha value is -1.60. The van der Waals surface area contributed by atoms with Crippen LogP contribution in [-0.4, -0.2) is 63.4 Å². The summed E-state index contributed by atoms with van der Waals surface area (Å²) in [7, 11) is -1.52. The monoisotopic (exact) mass is 508 g/mol. The van der Waals surface area contributed by atoms with Gasteiger partial charge in [-0.2, -0.15) is 0 Å². The highest BCUT2D eigenvalue weighted by Gasteiger charge is 2.71. The average Bonchev–Trinajstić information content (AvgIpc) is 3.26. The minimum Gasteiger partial charge on any atom is -0.364 e. The third kappa shape index (κ3) is 4.63. The largest absolute Gasteiger partial charge is 0.364 e. The highest BCUT2D eigenvalue weighted by atomic mass is 31.2. The maximum Gasteiger partial charge on any atom is 0.330 e. The van der Waals surface area contributed by atoms with Gasteiger partial charge in [0.1, 0.15) is 24.4 Å². The molecule has 1 saturated carbocycles. The predicted octanol–water partition coefficient (Wildman–Crippen LogP) is 3.37. The van der Waals surface area contributed by atoms with Gasteiger partial charge in [-0.3, -0.25) is 14.3 Å². The van der Waals surface area contributed by atoms with E-state index in [9.17, 15) is 9.59 Å². The highest BCUT2D eigenvalue weighted by molar-refractivity contribution is 7.44. The number of rotatable bonds is 9. The van der Waals surface area contributed by atoms with Crippen molar-refractivity contribution >= 4 is 8.53 Å². The van der Waals surface area contributed by atoms with Crippen molar-refractivity contribution in [2.75, 3.05) is 13.2 Å². The number of H-pyrrole nitrogens is 1. The van der Waals surface area contributed by atoms with Crippen LogP contribution in [0.1, 0.15) is 65.7 Å². The first-order valence-corrected chi connectivity index (χ1v) is 13.6. The fourth-order valence-corrected chi connectivity index (χ4v) is 7.58. The summed E-state index contributed by atoms with van der Waals surface area (Å²) in [4.78, 5) is 30.5. The van der Waals surface area contributed by atoms with Crippen molar-refractivity contribution in [3.05, 3.63) is 44.0 Å². The van der Waals surface area contributed by atoms with E-state index in [0.29, 0.717) is 5.56 Å².